The molecule has 1 aromatic rings. The number of ether oxygens (including phenoxy) is 1. The zero-order valence-corrected chi connectivity index (χ0v) is 12.7. The van der Waals surface area contributed by atoms with E-state index in [0.29, 0.717) is 24.2 Å². The lowest BCUT2D eigenvalue weighted by Crippen LogP contribution is -2.33. The molecule has 0 atom stereocenters. The largest absolute Gasteiger partial charge is 0.444 e. The van der Waals surface area contributed by atoms with Crippen molar-refractivity contribution in [1.29, 1.82) is 5.26 Å². The maximum Gasteiger partial charge on any atom is 0.407 e. The van der Waals surface area contributed by atoms with E-state index in [9.17, 15) is 9.59 Å². The smallest absolute Gasteiger partial charge is 0.407 e. The number of hydrogen-bond donors (Lipinski definition) is 1. The molecule has 112 valence electrons. The summed E-state index contributed by atoms with van der Waals surface area (Å²) >= 11 is 0. The zero-order valence-electron chi connectivity index (χ0n) is 12.7. The van der Waals surface area contributed by atoms with Crippen molar-refractivity contribution in [1.82, 2.24) is 10.3 Å². The molecule has 1 heterocycles. The van der Waals surface area contributed by atoms with Crippen molar-refractivity contribution >= 4 is 11.9 Å². The van der Waals surface area contributed by atoms with E-state index in [1.54, 1.807) is 26.8 Å². The molecule has 0 aliphatic carbocycles. The molecule has 0 radical (unpaired) electrons. The first-order valence-electron chi connectivity index (χ1n) is 6.60. The number of nitrogens with one attached hydrogen (secondary N) is 1. The lowest BCUT2D eigenvalue weighted by Gasteiger charge is -2.19. The van der Waals surface area contributed by atoms with Gasteiger partial charge in [-0.2, -0.15) is 5.26 Å². The van der Waals surface area contributed by atoms with Crippen LogP contribution in [0.2, 0.25) is 0 Å². The van der Waals surface area contributed by atoms with Gasteiger partial charge in [0.2, 0.25) is 0 Å². The number of alkyl carbamates (subject to hydrolysis) is 1. The lowest BCUT2D eigenvalue weighted by atomic mass is 10.1. The quantitative estimate of drug-likeness (QED) is 0.858. The highest BCUT2D eigenvalue weighted by molar-refractivity contribution is 5.92. The lowest BCUT2D eigenvalue weighted by molar-refractivity contribution is 0.0528. The van der Waals surface area contributed by atoms with Crippen LogP contribution in [0.3, 0.4) is 0 Å². The van der Waals surface area contributed by atoms with Gasteiger partial charge in [0, 0.05) is 25.6 Å². The number of aromatic nitrogens is 1. The highest BCUT2D eigenvalue weighted by Gasteiger charge is 2.15. The maximum absolute atomic E-state index is 11.5. The Morgan fingerprint density at radius 1 is 1.38 bits per heavy atom. The number of nitrogens with zero attached hydrogens (tertiary/aromatic N) is 2. The number of amides is 1. The third-order valence-corrected chi connectivity index (χ3v) is 2.42. The van der Waals surface area contributed by atoms with Crippen LogP contribution in [0.25, 0.3) is 0 Å². The summed E-state index contributed by atoms with van der Waals surface area (Å²) in [6.07, 6.45) is -0.0968. The molecule has 0 spiro atoms. The van der Waals surface area contributed by atoms with Crippen LogP contribution in [0.5, 0.6) is 0 Å². The van der Waals surface area contributed by atoms with Crippen molar-refractivity contribution in [3.63, 3.8) is 0 Å². The van der Waals surface area contributed by atoms with Gasteiger partial charge in [0.25, 0.3) is 0 Å². The van der Waals surface area contributed by atoms with Crippen molar-refractivity contribution in [2.24, 2.45) is 0 Å². The standard InChI is InChI=1S/C15H19N3O3/c1-10(19)13-8-11(9-16)7-12(18-13)5-6-17-14(20)21-15(2,3)4/h7-8H,5-6H2,1-4H3,(H,17,20). The number of nitriles is 1. The van der Waals surface area contributed by atoms with E-state index >= 15 is 0 Å². The topological polar surface area (TPSA) is 92.1 Å². The second-order valence-corrected chi connectivity index (χ2v) is 5.58. The molecular formula is C15H19N3O3. The summed E-state index contributed by atoms with van der Waals surface area (Å²) in [5.41, 5.74) is 0.657. The summed E-state index contributed by atoms with van der Waals surface area (Å²) in [6.45, 7) is 7.05. The van der Waals surface area contributed by atoms with Gasteiger partial charge < -0.3 is 10.1 Å². The molecule has 1 aromatic heterocycles. The first-order valence-corrected chi connectivity index (χ1v) is 6.60. The van der Waals surface area contributed by atoms with Crippen LogP contribution in [0.4, 0.5) is 4.79 Å². The summed E-state index contributed by atoms with van der Waals surface area (Å²) in [5, 5.41) is 11.5. The first kappa shape index (κ1) is 16.6. The van der Waals surface area contributed by atoms with E-state index in [2.05, 4.69) is 10.3 Å². The third kappa shape index (κ3) is 6.04. The van der Waals surface area contributed by atoms with Crippen LogP contribution < -0.4 is 5.32 Å². The Bertz CT molecular complexity index is 583. The fraction of sp³-hybridized carbons (Fsp3) is 0.467. The van der Waals surface area contributed by atoms with Gasteiger partial charge in [-0.1, -0.05) is 0 Å². The summed E-state index contributed by atoms with van der Waals surface area (Å²) in [5.74, 6) is -0.201. The second kappa shape index (κ2) is 6.84. The Hall–Kier alpha value is -2.42. The van der Waals surface area contributed by atoms with Crippen molar-refractivity contribution in [2.45, 2.75) is 39.7 Å². The number of rotatable bonds is 4. The summed E-state index contributed by atoms with van der Waals surface area (Å²) < 4.78 is 5.11. The summed E-state index contributed by atoms with van der Waals surface area (Å²) in [7, 11) is 0. The maximum atomic E-state index is 11.5. The predicted molar refractivity (Wildman–Crippen MR) is 76.9 cm³/mol. The van der Waals surface area contributed by atoms with Crippen molar-refractivity contribution in [3.05, 3.63) is 29.1 Å². The fourth-order valence-electron chi connectivity index (χ4n) is 1.57. The average molecular weight is 289 g/mol. The van der Waals surface area contributed by atoms with Crippen LogP contribution in [-0.4, -0.2) is 29.0 Å². The number of ketones is 1. The predicted octanol–water partition coefficient (Wildman–Crippen LogP) is 2.22. The van der Waals surface area contributed by atoms with E-state index in [-0.39, 0.29) is 11.5 Å². The molecule has 0 saturated heterocycles. The van der Waals surface area contributed by atoms with Crippen molar-refractivity contribution < 1.29 is 14.3 Å². The molecule has 0 unspecified atom stereocenters. The van der Waals surface area contributed by atoms with Gasteiger partial charge in [0.05, 0.1) is 11.6 Å². The molecule has 0 fully saturated rings. The second-order valence-electron chi connectivity index (χ2n) is 5.58. The normalized spacial score (nSPS) is 10.6. The Morgan fingerprint density at radius 2 is 2.05 bits per heavy atom. The SMILES string of the molecule is CC(=O)c1cc(C#N)cc(CCNC(=O)OC(C)(C)C)n1. The molecule has 1 N–H and O–H groups in total. The number of carbonyl (C=O) groups excluding carboxylic acids is 2. The number of hydrogen-bond acceptors (Lipinski definition) is 5. The van der Waals surface area contributed by atoms with Crippen LogP contribution in [-0.2, 0) is 11.2 Å². The minimum absolute atomic E-state index is 0.201. The van der Waals surface area contributed by atoms with E-state index < -0.39 is 11.7 Å². The monoisotopic (exact) mass is 289 g/mol. The Kier molecular flexibility index (Phi) is 5.42. The summed E-state index contributed by atoms with van der Waals surface area (Å²) in [4.78, 5) is 27.0. The highest BCUT2D eigenvalue weighted by atomic mass is 16.6. The molecule has 6 heteroatoms. The van der Waals surface area contributed by atoms with Crippen molar-refractivity contribution in [2.75, 3.05) is 6.54 Å². The molecule has 21 heavy (non-hydrogen) atoms. The van der Waals surface area contributed by atoms with E-state index in [1.807, 2.05) is 6.07 Å². The first-order chi connectivity index (χ1) is 9.71. The third-order valence-electron chi connectivity index (χ3n) is 2.42. The molecule has 0 aromatic carbocycles. The molecule has 1 rings (SSSR count). The minimum atomic E-state index is -0.551. The number of Topliss-reactive ketones (excluding diaryl/α,β-unsaturated/α-hetero) is 1. The van der Waals surface area contributed by atoms with Gasteiger partial charge in [-0.15, -0.1) is 0 Å². The van der Waals surface area contributed by atoms with Gasteiger partial charge in [0.15, 0.2) is 5.78 Å². The van der Waals surface area contributed by atoms with Gasteiger partial charge in [-0.3, -0.25) is 4.79 Å². The Morgan fingerprint density at radius 3 is 2.57 bits per heavy atom. The van der Waals surface area contributed by atoms with Gasteiger partial charge in [-0.25, -0.2) is 9.78 Å². The zero-order chi connectivity index (χ0) is 16.0. The molecule has 1 amide bonds. The molecule has 0 aliphatic heterocycles. The fourth-order valence-corrected chi connectivity index (χ4v) is 1.57. The van der Waals surface area contributed by atoms with E-state index in [1.165, 1.54) is 13.0 Å². The number of carbonyl (C=O) groups is 2. The van der Waals surface area contributed by atoms with E-state index in [0.717, 1.165) is 0 Å². The highest BCUT2D eigenvalue weighted by Crippen LogP contribution is 2.08. The summed E-state index contributed by atoms with van der Waals surface area (Å²) in [6, 6.07) is 5.04. The Labute approximate surface area is 124 Å². The van der Waals surface area contributed by atoms with Crippen LogP contribution in [0, 0.1) is 11.3 Å². The molecule has 0 saturated carbocycles. The van der Waals surface area contributed by atoms with Crippen LogP contribution in [0.1, 0.15) is 49.4 Å². The van der Waals surface area contributed by atoms with Gasteiger partial charge >= 0.3 is 6.09 Å². The van der Waals surface area contributed by atoms with Gasteiger partial charge in [-0.05, 0) is 32.9 Å². The molecule has 0 bridgehead atoms. The van der Waals surface area contributed by atoms with Crippen LogP contribution >= 0.6 is 0 Å². The average Bonchev–Trinajstić information content (AvgIpc) is 2.36. The van der Waals surface area contributed by atoms with Crippen LogP contribution in [0.15, 0.2) is 12.1 Å². The number of pyridine rings is 1. The van der Waals surface area contributed by atoms with E-state index in [4.69, 9.17) is 10.00 Å². The molecular weight excluding hydrogens is 270 g/mol. The Balaban J connectivity index is 2.64. The molecule has 0 aliphatic rings. The van der Waals surface area contributed by atoms with Gasteiger partial charge in [0.1, 0.15) is 11.3 Å². The minimum Gasteiger partial charge on any atom is -0.444 e. The molecule has 6 nitrogen and oxygen atoms in total. The van der Waals surface area contributed by atoms with Crippen molar-refractivity contribution in [3.8, 4) is 6.07 Å².